The molecular weight excluding hydrogens is 327 g/mol. The third kappa shape index (κ3) is 3.32. The standard InChI is InChI=1S/C15H16ClFN2O4/c1-4-5-18-7-11(20)19(14(18)22)8-23-13(21)12-9(6-10(16)17)15(12,2)3/h1,6,9,12H,5,7-8H2,2-3H3. The third-order valence-corrected chi connectivity index (χ3v) is 4.34. The van der Waals surface area contributed by atoms with Gasteiger partial charge in [-0.1, -0.05) is 31.4 Å². The smallest absolute Gasteiger partial charge is 0.330 e. The number of ether oxygens (including phenoxy) is 1. The van der Waals surface area contributed by atoms with Crippen molar-refractivity contribution in [3.05, 3.63) is 11.4 Å². The molecule has 2 unspecified atom stereocenters. The van der Waals surface area contributed by atoms with Crippen molar-refractivity contribution in [3.63, 3.8) is 0 Å². The summed E-state index contributed by atoms with van der Waals surface area (Å²) >= 11 is 5.20. The van der Waals surface area contributed by atoms with Crippen molar-refractivity contribution in [2.75, 3.05) is 19.8 Å². The Hall–Kier alpha value is -2.07. The van der Waals surface area contributed by atoms with Crippen LogP contribution in [0, 0.1) is 29.6 Å². The maximum Gasteiger partial charge on any atom is 0.330 e. The summed E-state index contributed by atoms with van der Waals surface area (Å²) < 4.78 is 17.8. The fraction of sp³-hybridized carbons (Fsp3) is 0.533. The second-order valence-corrected chi connectivity index (χ2v) is 6.40. The number of allylic oxidation sites excluding steroid dienone is 1. The molecule has 8 heteroatoms. The molecule has 1 saturated heterocycles. The van der Waals surface area contributed by atoms with Crippen LogP contribution in [-0.2, 0) is 14.3 Å². The number of carbonyl (C=O) groups excluding carboxylic acids is 3. The minimum absolute atomic E-state index is 0.00649. The summed E-state index contributed by atoms with van der Waals surface area (Å²) in [6.07, 6.45) is 6.27. The molecule has 3 amide bonds. The van der Waals surface area contributed by atoms with Crippen molar-refractivity contribution in [1.29, 1.82) is 0 Å². The summed E-state index contributed by atoms with van der Waals surface area (Å²) in [5.74, 6) is 0.230. The molecule has 6 nitrogen and oxygen atoms in total. The summed E-state index contributed by atoms with van der Waals surface area (Å²) in [5, 5.41) is -0.881. The monoisotopic (exact) mass is 342 g/mol. The van der Waals surface area contributed by atoms with Gasteiger partial charge in [-0.2, -0.15) is 4.39 Å². The molecule has 23 heavy (non-hydrogen) atoms. The van der Waals surface area contributed by atoms with E-state index in [2.05, 4.69) is 5.92 Å². The highest BCUT2D eigenvalue weighted by Gasteiger charge is 2.62. The molecule has 0 aromatic carbocycles. The number of imide groups is 1. The van der Waals surface area contributed by atoms with Crippen LogP contribution in [0.15, 0.2) is 11.4 Å². The summed E-state index contributed by atoms with van der Waals surface area (Å²) in [7, 11) is 0. The van der Waals surface area contributed by atoms with E-state index in [1.54, 1.807) is 13.8 Å². The lowest BCUT2D eigenvalue weighted by Crippen LogP contribution is -2.36. The number of hydrogen-bond donors (Lipinski definition) is 0. The molecule has 2 atom stereocenters. The van der Waals surface area contributed by atoms with Crippen LogP contribution >= 0.6 is 11.6 Å². The van der Waals surface area contributed by atoms with Crippen LogP contribution in [0.3, 0.4) is 0 Å². The molecule has 1 saturated carbocycles. The van der Waals surface area contributed by atoms with Crippen LogP contribution in [0.2, 0.25) is 0 Å². The van der Waals surface area contributed by atoms with Crippen molar-refractivity contribution >= 4 is 29.5 Å². The number of esters is 1. The zero-order valence-electron chi connectivity index (χ0n) is 12.7. The van der Waals surface area contributed by atoms with Gasteiger partial charge in [-0.15, -0.1) is 6.42 Å². The van der Waals surface area contributed by atoms with E-state index in [0.29, 0.717) is 0 Å². The van der Waals surface area contributed by atoms with Gasteiger partial charge in [0.1, 0.15) is 6.54 Å². The third-order valence-electron chi connectivity index (χ3n) is 4.22. The average molecular weight is 343 g/mol. The van der Waals surface area contributed by atoms with Crippen molar-refractivity contribution in [3.8, 4) is 12.3 Å². The molecule has 0 N–H and O–H groups in total. The topological polar surface area (TPSA) is 66.9 Å². The second kappa shape index (κ2) is 6.20. The highest BCUT2D eigenvalue weighted by atomic mass is 35.5. The summed E-state index contributed by atoms with van der Waals surface area (Å²) in [4.78, 5) is 37.7. The van der Waals surface area contributed by atoms with Gasteiger partial charge in [0.15, 0.2) is 12.0 Å². The highest BCUT2D eigenvalue weighted by Crippen LogP contribution is 2.60. The van der Waals surface area contributed by atoms with Gasteiger partial charge < -0.3 is 9.64 Å². The summed E-state index contributed by atoms with van der Waals surface area (Å²) in [5.41, 5.74) is -0.488. The molecule has 1 heterocycles. The number of amides is 3. The molecule has 1 aliphatic heterocycles. The number of rotatable bonds is 5. The Kier molecular flexibility index (Phi) is 4.66. The van der Waals surface area contributed by atoms with E-state index in [0.717, 1.165) is 11.0 Å². The van der Waals surface area contributed by atoms with E-state index >= 15 is 0 Å². The number of urea groups is 1. The molecule has 1 aliphatic carbocycles. The first-order chi connectivity index (χ1) is 10.7. The molecule has 2 aliphatic rings. The number of hydrogen-bond acceptors (Lipinski definition) is 4. The lowest BCUT2D eigenvalue weighted by Gasteiger charge is -2.15. The molecule has 0 aromatic heterocycles. The van der Waals surface area contributed by atoms with E-state index in [-0.39, 0.29) is 19.0 Å². The van der Waals surface area contributed by atoms with Gasteiger partial charge in [-0.3, -0.25) is 9.59 Å². The van der Waals surface area contributed by atoms with Gasteiger partial charge in [-0.25, -0.2) is 9.69 Å². The van der Waals surface area contributed by atoms with E-state index in [4.69, 9.17) is 22.8 Å². The Morgan fingerprint density at radius 3 is 2.78 bits per heavy atom. The fourth-order valence-electron chi connectivity index (χ4n) is 2.75. The van der Waals surface area contributed by atoms with Crippen LogP contribution in [-0.4, -0.2) is 47.5 Å². The quantitative estimate of drug-likeness (QED) is 0.433. The average Bonchev–Trinajstić information content (AvgIpc) is 2.85. The molecule has 0 radical (unpaired) electrons. The van der Waals surface area contributed by atoms with E-state index in [1.807, 2.05) is 0 Å². The van der Waals surface area contributed by atoms with Gasteiger partial charge in [0.25, 0.3) is 5.91 Å². The Morgan fingerprint density at radius 1 is 1.57 bits per heavy atom. The van der Waals surface area contributed by atoms with Crippen molar-refractivity contribution in [1.82, 2.24) is 9.80 Å². The Balaban J connectivity index is 1.93. The molecule has 124 valence electrons. The first-order valence-corrected chi connectivity index (χ1v) is 7.30. The van der Waals surface area contributed by atoms with Crippen LogP contribution in [0.4, 0.5) is 9.18 Å². The minimum Gasteiger partial charge on any atom is -0.443 e. The number of nitrogens with zero attached hydrogens (tertiary/aromatic N) is 2. The lowest BCUT2D eigenvalue weighted by atomic mass is 10.1. The Labute approximate surface area is 138 Å². The van der Waals surface area contributed by atoms with Gasteiger partial charge >= 0.3 is 12.0 Å². The highest BCUT2D eigenvalue weighted by molar-refractivity contribution is 6.28. The molecule has 0 aromatic rings. The number of halogens is 2. The van der Waals surface area contributed by atoms with Gasteiger partial charge in [0.05, 0.1) is 12.5 Å². The van der Waals surface area contributed by atoms with E-state index in [9.17, 15) is 18.8 Å². The fourth-order valence-corrected chi connectivity index (χ4v) is 2.88. The maximum atomic E-state index is 12.8. The Bertz CT molecular complexity index is 621. The predicted octanol–water partition coefficient (Wildman–Crippen LogP) is 1.71. The van der Waals surface area contributed by atoms with Gasteiger partial charge in [-0.05, 0) is 11.5 Å². The minimum atomic E-state index is -0.881. The van der Waals surface area contributed by atoms with Crippen molar-refractivity contribution < 1.29 is 23.5 Å². The lowest BCUT2D eigenvalue weighted by molar-refractivity contribution is -0.151. The summed E-state index contributed by atoms with van der Waals surface area (Å²) in [6, 6.07) is -0.598. The molecular formula is C15H16ClFN2O4. The second-order valence-electron chi connectivity index (χ2n) is 6.04. The molecule has 2 rings (SSSR count). The van der Waals surface area contributed by atoms with Crippen molar-refractivity contribution in [2.45, 2.75) is 13.8 Å². The number of terminal acetylenes is 1. The zero-order valence-corrected chi connectivity index (χ0v) is 13.5. The maximum absolute atomic E-state index is 12.8. The first-order valence-electron chi connectivity index (χ1n) is 6.92. The van der Waals surface area contributed by atoms with Gasteiger partial charge in [0, 0.05) is 5.92 Å². The van der Waals surface area contributed by atoms with Crippen LogP contribution in [0.1, 0.15) is 13.8 Å². The number of carbonyl (C=O) groups is 3. The van der Waals surface area contributed by atoms with Crippen LogP contribution in [0.5, 0.6) is 0 Å². The van der Waals surface area contributed by atoms with Crippen molar-refractivity contribution in [2.24, 2.45) is 17.3 Å². The normalized spacial score (nSPS) is 26.3. The van der Waals surface area contributed by atoms with Gasteiger partial charge in [0.2, 0.25) is 0 Å². The first kappa shape index (κ1) is 17.3. The van der Waals surface area contributed by atoms with Crippen LogP contribution in [0.25, 0.3) is 0 Å². The zero-order chi connectivity index (χ0) is 17.4. The molecule has 0 spiro atoms. The van der Waals surface area contributed by atoms with Crippen LogP contribution < -0.4 is 0 Å². The predicted molar refractivity (Wildman–Crippen MR) is 79.4 cm³/mol. The SMILES string of the molecule is C#CCN1CC(=O)N(COC(=O)C2C(C=C(F)Cl)C2(C)C)C1=O. The van der Waals surface area contributed by atoms with E-state index < -0.39 is 41.3 Å². The largest absolute Gasteiger partial charge is 0.443 e. The molecule has 0 bridgehead atoms. The summed E-state index contributed by atoms with van der Waals surface area (Å²) in [6.45, 7) is 2.94. The molecule has 2 fully saturated rings. The Morgan fingerprint density at radius 2 is 2.22 bits per heavy atom. The van der Waals surface area contributed by atoms with E-state index in [1.165, 1.54) is 4.90 Å².